The van der Waals surface area contributed by atoms with E-state index in [-0.39, 0.29) is 31.0 Å². The first-order valence-electron chi connectivity index (χ1n) is 1.61. The molecular formula is CH5NaO5S3. The quantitative estimate of drug-likeness (QED) is 0.375. The third-order valence-electron chi connectivity index (χ3n) is 0.298. The second kappa shape index (κ2) is 5.98. The number of hydrogen-bond acceptors (Lipinski definition) is 4. The summed E-state index contributed by atoms with van der Waals surface area (Å²) in [4.78, 5) is 0. The van der Waals surface area contributed by atoms with Crippen LogP contribution in [0.1, 0.15) is 1.43 Å². The van der Waals surface area contributed by atoms with Crippen LogP contribution < -0.4 is 29.6 Å². The van der Waals surface area contributed by atoms with Crippen LogP contribution in [0.4, 0.5) is 0 Å². The molecule has 5 nitrogen and oxygen atoms in total. The molecule has 0 aliphatic heterocycles. The van der Waals surface area contributed by atoms with E-state index in [0.717, 1.165) is 0 Å². The molecule has 0 fully saturated rings. The number of rotatable bonds is 3. The first-order chi connectivity index (χ1) is 3.92. The van der Waals surface area contributed by atoms with Crippen molar-refractivity contribution in [2.45, 2.75) is 0 Å². The molecular weight excluding hydrogens is 211 g/mol. The molecule has 58 valence electrons. The molecule has 0 aliphatic carbocycles. The minimum atomic E-state index is -3.74. The first kappa shape index (κ1) is 14.0. The summed E-state index contributed by atoms with van der Waals surface area (Å²) in [7, 11) is -3.74. The summed E-state index contributed by atoms with van der Waals surface area (Å²) in [6.07, 6.45) is 0. The van der Waals surface area contributed by atoms with E-state index in [4.69, 9.17) is 9.11 Å². The van der Waals surface area contributed by atoms with Crippen LogP contribution in [0, 0.1) is 0 Å². The van der Waals surface area contributed by atoms with Gasteiger partial charge in [-0.05, 0) is 0 Å². The predicted molar refractivity (Wildman–Crippen MR) is 36.0 cm³/mol. The van der Waals surface area contributed by atoms with Gasteiger partial charge >= 0.3 is 29.6 Å². The maximum Gasteiger partial charge on any atom is 1.00 e. The normalized spacial score (nSPS) is 18.6. The van der Waals surface area contributed by atoms with Crippen LogP contribution in [0.5, 0.6) is 0 Å². The first-order valence-corrected chi connectivity index (χ1v) is 5.25. The Hall–Kier alpha value is 1.40. The Morgan fingerprint density at radius 3 is 2.30 bits per heavy atom. The molecule has 0 rings (SSSR count). The van der Waals surface area contributed by atoms with Crippen molar-refractivity contribution in [2.24, 2.45) is 0 Å². The fraction of sp³-hybridized carbons (Fsp3) is 1.00. The molecule has 0 amide bonds. The van der Waals surface area contributed by atoms with Gasteiger partial charge in [-0.3, -0.25) is 8.74 Å². The zero-order valence-electron chi connectivity index (χ0n) is 6.05. The van der Waals surface area contributed by atoms with Gasteiger partial charge in [0, 0.05) is 11.2 Å². The SMILES string of the molecule is O=S(O)COS(=O)(O)=S.[H-].[Na+]. The maximum absolute atomic E-state index is 9.99. The van der Waals surface area contributed by atoms with Crippen molar-refractivity contribution in [3.8, 4) is 0 Å². The second-order valence-electron chi connectivity index (χ2n) is 0.985. The summed E-state index contributed by atoms with van der Waals surface area (Å²) in [5, 5.41) is 0. The molecule has 0 saturated heterocycles. The van der Waals surface area contributed by atoms with Crippen LogP contribution >= 0.6 is 0 Å². The van der Waals surface area contributed by atoms with Gasteiger partial charge in [0.05, 0.1) is 0 Å². The van der Waals surface area contributed by atoms with E-state index >= 15 is 0 Å². The minimum Gasteiger partial charge on any atom is -1.00 e. The fourth-order valence-electron chi connectivity index (χ4n) is 0.102. The monoisotopic (exact) mass is 216 g/mol. The van der Waals surface area contributed by atoms with Crippen LogP contribution in [0.25, 0.3) is 0 Å². The molecule has 10 heavy (non-hydrogen) atoms. The van der Waals surface area contributed by atoms with E-state index in [1.807, 2.05) is 0 Å². The second-order valence-corrected chi connectivity index (χ2v) is 4.22. The van der Waals surface area contributed by atoms with Gasteiger partial charge in [0.15, 0.2) is 17.0 Å². The Balaban J connectivity index is -0.000000320. The maximum atomic E-state index is 9.99. The summed E-state index contributed by atoms with van der Waals surface area (Å²) >= 11 is 1.58. The van der Waals surface area contributed by atoms with E-state index in [9.17, 15) is 8.42 Å². The molecule has 0 aromatic heterocycles. The van der Waals surface area contributed by atoms with Crippen molar-refractivity contribution in [3.05, 3.63) is 0 Å². The third-order valence-corrected chi connectivity index (χ3v) is 1.47. The molecule has 0 spiro atoms. The minimum absolute atomic E-state index is 0. The topological polar surface area (TPSA) is 83.8 Å². The predicted octanol–water partition coefficient (Wildman–Crippen LogP) is -3.57. The summed E-state index contributed by atoms with van der Waals surface area (Å²) < 4.78 is 39.7. The molecule has 0 aromatic rings. The molecule has 9 heteroatoms. The van der Waals surface area contributed by atoms with Gasteiger partial charge < -0.3 is 5.98 Å². The zero-order valence-corrected chi connectivity index (χ0v) is 9.50. The van der Waals surface area contributed by atoms with Crippen molar-refractivity contribution in [3.63, 3.8) is 0 Å². The van der Waals surface area contributed by atoms with Crippen molar-refractivity contribution in [2.75, 3.05) is 5.94 Å². The van der Waals surface area contributed by atoms with E-state index < -0.39 is 26.1 Å². The molecule has 0 heterocycles. The van der Waals surface area contributed by atoms with E-state index in [2.05, 4.69) is 15.4 Å². The molecule has 0 radical (unpaired) electrons. The molecule has 2 atom stereocenters. The Morgan fingerprint density at radius 1 is 1.80 bits per heavy atom. The smallest absolute Gasteiger partial charge is 1.00 e. The Morgan fingerprint density at radius 2 is 2.20 bits per heavy atom. The third kappa shape index (κ3) is 12.1. The Labute approximate surface area is 89.3 Å². The van der Waals surface area contributed by atoms with Crippen molar-refractivity contribution >= 4 is 31.3 Å². The van der Waals surface area contributed by atoms with Gasteiger partial charge in [-0.25, -0.2) is 4.21 Å². The molecule has 0 bridgehead atoms. The van der Waals surface area contributed by atoms with Gasteiger partial charge in [-0.1, -0.05) is 0 Å². The van der Waals surface area contributed by atoms with Crippen LogP contribution in [-0.4, -0.2) is 23.5 Å². The van der Waals surface area contributed by atoms with Crippen molar-refractivity contribution in [1.29, 1.82) is 0 Å². The average molecular weight is 216 g/mol. The molecule has 0 saturated carbocycles. The van der Waals surface area contributed by atoms with Crippen molar-refractivity contribution in [1.82, 2.24) is 0 Å². The summed E-state index contributed by atoms with van der Waals surface area (Å²) in [5.74, 6) is -0.737. The fourth-order valence-corrected chi connectivity index (χ4v) is 1.27. The summed E-state index contributed by atoms with van der Waals surface area (Å²) in [6, 6.07) is 0. The van der Waals surface area contributed by atoms with E-state index in [1.165, 1.54) is 0 Å². The van der Waals surface area contributed by atoms with Gasteiger partial charge in [-0.2, -0.15) is 4.21 Å². The van der Waals surface area contributed by atoms with Crippen LogP contribution in [0.15, 0.2) is 0 Å². The largest absolute Gasteiger partial charge is 1.00 e. The summed E-state index contributed by atoms with van der Waals surface area (Å²) in [5.41, 5.74) is 0. The molecule has 0 aromatic carbocycles. The van der Waals surface area contributed by atoms with Crippen LogP contribution in [0.3, 0.4) is 0 Å². The average Bonchev–Trinajstić information content (AvgIpc) is 1.59. The van der Waals surface area contributed by atoms with Gasteiger partial charge in [-0.15, -0.1) is 0 Å². The molecule has 0 aliphatic rings. The number of hydrogen-bond donors (Lipinski definition) is 2. The van der Waals surface area contributed by atoms with Crippen LogP contribution in [-0.2, 0) is 35.5 Å². The van der Waals surface area contributed by atoms with Gasteiger partial charge in [0.2, 0.25) is 0 Å². The van der Waals surface area contributed by atoms with Crippen molar-refractivity contribution < 1.29 is 52.7 Å². The standard InChI is InChI=1S/CH4O5S3.Na.H/c2-8(3)1-6-9(4,5)7;;/h1H2,(H,2,3)(H,4,5,7);;/q;+1;-1. The summed E-state index contributed by atoms with van der Waals surface area (Å²) in [6.45, 7) is 0. The van der Waals surface area contributed by atoms with Gasteiger partial charge in [0.1, 0.15) is 0 Å². The van der Waals surface area contributed by atoms with Gasteiger partial charge in [0.25, 0.3) is 9.05 Å². The van der Waals surface area contributed by atoms with E-state index in [1.54, 1.807) is 0 Å². The zero-order chi connectivity index (χ0) is 7.49. The Bertz CT molecular complexity index is 200. The van der Waals surface area contributed by atoms with E-state index in [0.29, 0.717) is 0 Å². The Kier molecular flexibility index (Phi) is 8.34. The molecule has 2 unspecified atom stereocenters. The molecule has 2 N–H and O–H groups in total. The van der Waals surface area contributed by atoms with Crippen LogP contribution in [0.2, 0.25) is 0 Å².